The number of carboxylic acid groups (broad SMARTS) is 1. The van der Waals surface area contributed by atoms with Crippen LogP contribution in [0.4, 0.5) is 0 Å². The van der Waals surface area contributed by atoms with Gasteiger partial charge < -0.3 is 10.8 Å². The molecule has 0 aromatic heterocycles. The standard InChI is InChI=1S/C16H16N2O2/c1-11-7-13(10-17)8-14(15(19)20)16(11,18)9-12-5-3-2-4-6-12/h2-8,14H,9,18H2,1H3,(H,19,20). The van der Waals surface area contributed by atoms with Gasteiger partial charge in [-0.3, -0.25) is 4.79 Å². The molecule has 0 radical (unpaired) electrons. The highest BCUT2D eigenvalue weighted by atomic mass is 16.4. The molecule has 0 aliphatic heterocycles. The maximum Gasteiger partial charge on any atom is 0.312 e. The smallest absolute Gasteiger partial charge is 0.312 e. The number of rotatable bonds is 3. The molecule has 0 spiro atoms. The van der Waals surface area contributed by atoms with E-state index in [1.165, 1.54) is 6.08 Å². The number of nitrogens with zero attached hydrogens (tertiary/aromatic N) is 1. The molecule has 0 bridgehead atoms. The highest BCUT2D eigenvalue weighted by Gasteiger charge is 2.42. The second kappa shape index (κ2) is 5.32. The van der Waals surface area contributed by atoms with Gasteiger partial charge >= 0.3 is 5.97 Å². The topological polar surface area (TPSA) is 87.1 Å². The SMILES string of the molecule is CC1=CC(C#N)=CC(C(=O)O)C1(N)Cc1ccccc1. The summed E-state index contributed by atoms with van der Waals surface area (Å²) in [5.74, 6) is -1.91. The van der Waals surface area contributed by atoms with Crippen LogP contribution in [0.15, 0.2) is 53.6 Å². The van der Waals surface area contributed by atoms with Crippen LogP contribution >= 0.6 is 0 Å². The van der Waals surface area contributed by atoms with Crippen LogP contribution in [0.3, 0.4) is 0 Å². The molecule has 3 N–H and O–H groups in total. The van der Waals surface area contributed by atoms with Crippen LogP contribution in [-0.4, -0.2) is 16.6 Å². The number of hydrogen-bond acceptors (Lipinski definition) is 3. The van der Waals surface area contributed by atoms with E-state index >= 15 is 0 Å². The van der Waals surface area contributed by atoms with Gasteiger partial charge in [-0.15, -0.1) is 0 Å². The number of carboxylic acids is 1. The molecule has 1 aliphatic rings. The first kappa shape index (κ1) is 14.0. The predicted molar refractivity (Wildman–Crippen MR) is 75.6 cm³/mol. The number of benzene rings is 1. The van der Waals surface area contributed by atoms with E-state index in [4.69, 9.17) is 11.0 Å². The van der Waals surface area contributed by atoms with E-state index in [2.05, 4.69) is 0 Å². The van der Waals surface area contributed by atoms with Gasteiger partial charge in [0.2, 0.25) is 0 Å². The summed E-state index contributed by atoms with van der Waals surface area (Å²) in [7, 11) is 0. The molecule has 0 heterocycles. The molecular weight excluding hydrogens is 252 g/mol. The highest BCUT2D eigenvalue weighted by molar-refractivity contribution is 5.77. The molecule has 0 amide bonds. The van der Waals surface area contributed by atoms with Crippen molar-refractivity contribution < 1.29 is 9.90 Å². The number of nitriles is 1. The van der Waals surface area contributed by atoms with Crippen molar-refractivity contribution in [3.8, 4) is 6.07 Å². The lowest BCUT2D eigenvalue weighted by molar-refractivity contribution is -0.141. The number of allylic oxidation sites excluding steroid dienone is 2. The summed E-state index contributed by atoms with van der Waals surface area (Å²) in [6, 6.07) is 11.5. The Labute approximate surface area is 117 Å². The lowest BCUT2D eigenvalue weighted by Crippen LogP contribution is -2.53. The fourth-order valence-electron chi connectivity index (χ4n) is 2.53. The number of nitrogens with two attached hydrogens (primary N) is 1. The molecule has 102 valence electrons. The monoisotopic (exact) mass is 268 g/mol. The summed E-state index contributed by atoms with van der Waals surface area (Å²) >= 11 is 0. The number of hydrogen-bond donors (Lipinski definition) is 2. The molecule has 0 fully saturated rings. The summed E-state index contributed by atoms with van der Waals surface area (Å²) < 4.78 is 0. The lowest BCUT2D eigenvalue weighted by Gasteiger charge is -2.37. The van der Waals surface area contributed by atoms with Gasteiger partial charge in [0.25, 0.3) is 0 Å². The van der Waals surface area contributed by atoms with E-state index < -0.39 is 17.4 Å². The van der Waals surface area contributed by atoms with Crippen LogP contribution in [0, 0.1) is 17.2 Å². The van der Waals surface area contributed by atoms with Gasteiger partial charge in [-0.05, 0) is 25.0 Å². The van der Waals surface area contributed by atoms with Gasteiger partial charge in [0.15, 0.2) is 0 Å². The van der Waals surface area contributed by atoms with Crippen LogP contribution in [0.5, 0.6) is 0 Å². The van der Waals surface area contributed by atoms with E-state index in [0.29, 0.717) is 17.6 Å². The molecule has 1 aliphatic carbocycles. The Kier molecular flexibility index (Phi) is 3.73. The van der Waals surface area contributed by atoms with Crippen molar-refractivity contribution >= 4 is 5.97 Å². The minimum Gasteiger partial charge on any atom is -0.481 e. The summed E-state index contributed by atoms with van der Waals surface area (Å²) in [5.41, 5.74) is 7.43. The van der Waals surface area contributed by atoms with Gasteiger partial charge in [-0.1, -0.05) is 42.0 Å². The molecule has 2 atom stereocenters. The van der Waals surface area contributed by atoms with Crippen molar-refractivity contribution in [2.24, 2.45) is 11.7 Å². The Morgan fingerprint density at radius 3 is 2.65 bits per heavy atom. The lowest BCUT2D eigenvalue weighted by atomic mass is 9.71. The van der Waals surface area contributed by atoms with Gasteiger partial charge in [0, 0.05) is 5.57 Å². The Morgan fingerprint density at radius 2 is 2.10 bits per heavy atom. The summed E-state index contributed by atoms with van der Waals surface area (Å²) in [6.07, 6.45) is 3.53. The predicted octanol–water partition coefficient (Wildman–Crippen LogP) is 2.04. The Balaban J connectivity index is 2.42. The third kappa shape index (κ3) is 2.49. The molecule has 1 aromatic rings. The van der Waals surface area contributed by atoms with Crippen LogP contribution in [-0.2, 0) is 11.2 Å². The molecule has 0 saturated heterocycles. The Bertz CT molecular complexity index is 626. The largest absolute Gasteiger partial charge is 0.481 e. The first-order valence-electron chi connectivity index (χ1n) is 6.33. The zero-order chi connectivity index (χ0) is 14.8. The van der Waals surface area contributed by atoms with Crippen molar-refractivity contribution in [2.75, 3.05) is 0 Å². The molecule has 2 unspecified atom stereocenters. The summed E-state index contributed by atoms with van der Waals surface area (Å²) in [6.45, 7) is 1.78. The molecule has 20 heavy (non-hydrogen) atoms. The number of aliphatic carboxylic acids is 1. The summed E-state index contributed by atoms with van der Waals surface area (Å²) in [4.78, 5) is 11.5. The van der Waals surface area contributed by atoms with Gasteiger partial charge in [0.1, 0.15) is 0 Å². The average molecular weight is 268 g/mol. The van der Waals surface area contributed by atoms with Crippen molar-refractivity contribution in [1.29, 1.82) is 5.26 Å². The molecule has 1 aromatic carbocycles. The molecule has 0 saturated carbocycles. The van der Waals surface area contributed by atoms with E-state index in [-0.39, 0.29) is 0 Å². The van der Waals surface area contributed by atoms with Gasteiger partial charge in [-0.2, -0.15) is 5.26 Å². The fraction of sp³-hybridized carbons (Fsp3) is 0.250. The minimum absolute atomic E-state index is 0.351. The van der Waals surface area contributed by atoms with Crippen LogP contribution < -0.4 is 5.73 Å². The van der Waals surface area contributed by atoms with E-state index in [0.717, 1.165) is 5.56 Å². The molecule has 2 rings (SSSR count). The van der Waals surface area contributed by atoms with Crippen molar-refractivity contribution in [2.45, 2.75) is 18.9 Å². The fourth-order valence-corrected chi connectivity index (χ4v) is 2.53. The second-order valence-corrected chi connectivity index (χ2v) is 5.08. The van der Waals surface area contributed by atoms with E-state index in [1.807, 2.05) is 36.4 Å². The zero-order valence-electron chi connectivity index (χ0n) is 11.2. The maximum absolute atomic E-state index is 11.5. The van der Waals surface area contributed by atoms with Crippen molar-refractivity contribution in [3.05, 3.63) is 59.2 Å². The maximum atomic E-state index is 11.5. The molecule has 4 heteroatoms. The Hall–Kier alpha value is -2.38. The third-order valence-electron chi connectivity index (χ3n) is 3.74. The van der Waals surface area contributed by atoms with Gasteiger partial charge in [-0.25, -0.2) is 0 Å². The first-order chi connectivity index (χ1) is 9.47. The normalized spacial score (nSPS) is 25.4. The molecule has 4 nitrogen and oxygen atoms in total. The van der Waals surface area contributed by atoms with E-state index in [9.17, 15) is 9.90 Å². The van der Waals surface area contributed by atoms with Crippen molar-refractivity contribution in [3.63, 3.8) is 0 Å². The van der Waals surface area contributed by atoms with Gasteiger partial charge in [0.05, 0.1) is 17.5 Å². The van der Waals surface area contributed by atoms with E-state index in [1.54, 1.807) is 13.0 Å². The second-order valence-electron chi connectivity index (χ2n) is 5.08. The minimum atomic E-state index is -1.01. The zero-order valence-corrected chi connectivity index (χ0v) is 11.2. The van der Waals surface area contributed by atoms with Crippen molar-refractivity contribution in [1.82, 2.24) is 0 Å². The molecular formula is C16H16N2O2. The average Bonchev–Trinajstić information content (AvgIpc) is 2.42. The third-order valence-corrected chi connectivity index (χ3v) is 3.74. The van der Waals surface area contributed by atoms with Crippen LogP contribution in [0.25, 0.3) is 0 Å². The van der Waals surface area contributed by atoms with Crippen LogP contribution in [0.2, 0.25) is 0 Å². The quantitative estimate of drug-likeness (QED) is 0.878. The summed E-state index contributed by atoms with van der Waals surface area (Å²) in [5, 5.41) is 18.4. The highest BCUT2D eigenvalue weighted by Crippen LogP contribution is 2.34. The number of carbonyl (C=O) groups is 1. The first-order valence-corrected chi connectivity index (χ1v) is 6.33. The van der Waals surface area contributed by atoms with Crippen LogP contribution in [0.1, 0.15) is 12.5 Å². The Morgan fingerprint density at radius 1 is 1.45 bits per heavy atom.